The van der Waals surface area contributed by atoms with Gasteiger partial charge in [0.2, 0.25) is 5.13 Å². The van der Waals surface area contributed by atoms with E-state index in [0.29, 0.717) is 32.7 Å². The summed E-state index contributed by atoms with van der Waals surface area (Å²) in [4.78, 5) is 9.49. The van der Waals surface area contributed by atoms with E-state index in [1.165, 1.54) is 23.7 Å². The van der Waals surface area contributed by atoms with Crippen molar-refractivity contribution in [3.8, 4) is 22.8 Å². The Kier molecular flexibility index (Phi) is 5.15. The summed E-state index contributed by atoms with van der Waals surface area (Å²) < 4.78 is 35.8. The number of fused-ring (bicyclic) bond motifs is 2. The number of ether oxygens (including phenoxy) is 1. The summed E-state index contributed by atoms with van der Waals surface area (Å²) in [5.74, 6) is 1.42. The summed E-state index contributed by atoms with van der Waals surface area (Å²) in [5.41, 5.74) is 2.05. The average Bonchev–Trinajstić information content (AvgIpc) is 3.20. The van der Waals surface area contributed by atoms with Crippen molar-refractivity contribution in [2.75, 3.05) is 13.4 Å². The quantitative estimate of drug-likeness (QED) is 0.387. The first-order chi connectivity index (χ1) is 15.8. The summed E-state index contributed by atoms with van der Waals surface area (Å²) in [6, 6.07) is 18.9. The topological polar surface area (TPSA) is 102 Å². The number of hydrogen-bond acceptors (Lipinski definition) is 8. The number of hydrogen-bond donors (Lipinski definition) is 1. The van der Waals surface area contributed by atoms with Gasteiger partial charge in [-0.25, -0.2) is 18.4 Å². The molecule has 0 aliphatic rings. The van der Waals surface area contributed by atoms with Gasteiger partial charge in [-0.1, -0.05) is 11.3 Å². The minimum Gasteiger partial charge on any atom is -0.508 e. The number of phenolic OH excluding ortho intramolecular Hbond substituents is 1. The summed E-state index contributed by atoms with van der Waals surface area (Å²) in [5, 5.41) is 11.7. The third kappa shape index (κ3) is 4.20. The Labute approximate surface area is 193 Å². The summed E-state index contributed by atoms with van der Waals surface area (Å²) in [7, 11) is -1.71. The van der Waals surface area contributed by atoms with E-state index in [4.69, 9.17) is 14.1 Å². The highest BCUT2D eigenvalue weighted by Gasteiger charge is 2.12. The number of benzene rings is 3. The second-order valence-electron chi connectivity index (χ2n) is 7.41. The molecule has 0 fully saturated rings. The van der Waals surface area contributed by atoms with Crippen LogP contribution in [0.15, 0.2) is 81.0 Å². The molecule has 166 valence electrons. The molecule has 0 amide bonds. The van der Waals surface area contributed by atoms with E-state index in [1.807, 2.05) is 24.3 Å². The van der Waals surface area contributed by atoms with Crippen LogP contribution < -0.4 is 10.1 Å². The van der Waals surface area contributed by atoms with Crippen LogP contribution in [0.3, 0.4) is 0 Å². The Morgan fingerprint density at radius 1 is 1.03 bits per heavy atom. The molecule has 0 aliphatic carbocycles. The first kappa shape index (κ1) is 21.2. The average molecular weight is 479 g/mol. The normalized spacial score (nSPS) is 12.5. The Hall–Kier alpha value is -3.69. The van der Waals surface area contributed by atoms with Gasteiger partial charge in [0.25, 0.3) is 0 Å². The lowest BCUT2D eigenvalue weighted by Gasteiger charge is -2.06. The Morgan fingerprint density at radius 2 is 1.82 bits per heavy atom. The van der Waals surface area contributed by atoms with E-state index in [0.717, 1.165) is 16.0 Å². The van der Waals surface area contributed by atoms with Crippen molar-refractivity contribution in [2.45, 2.75) is 4.90 Å². The van der Waals surface area contributed by atoms with Crippen LogP contribution in [-0.4, -0.2) is 31.9 Å². The molecule has 0 saturated carbocycles. The van der Waals surface area contributed by atoms with Gasteiger partial charge in [0.15, 0.2) is 9.84 Å². The molecule has 0 radical (unpaired) electrons. The molecule has 0 atom stereocenters. The number of nitrogens with zero attached hydrogens (tertiary/aromatic N) is 2. The van der Waals surface area contributed by atoms with Crippen molar-refractivity contribution >= 4 is 47.5 Å². The van der Waals surface area contributed by atoms with Crippen molar-refractivity contribution in [1.29, 1.82) is 0 Å². The predicted octanol–water partition coefficient (Wildman–Crippen LogP) is 5.06. The molecule has 9 heteroatoms. The Balaban J connectivity index is 1.71. The van der Waals surface area contributed by atoms with E-state index < -0.39 is 9.84 Å². The molecule has 3 aromatic carbocycles. The molecular weight excluding hydrogens is 460 g/mol. The number of methoxy groups -OCH3 is 1. The first-order valence-corrected chi connectivity index (χ1v) is 12.6. The Bertz CT molecular complexity index is 1680. The molecule has 0 unspecified atom stereocenters. The predicted molar refractivity (Wildman–Crippen MR) is 128 cm³/mol. The number of aromatic nitrogens is 1. The first-order valence-electron chi connectivity index (χ1n) is 9.87. The van der Waals surface area contributed by atoms with Crippen molar-refractivity contribution in [3.63, 3.8) is 0 Å². The van der Waals surface area contributed by atoms with E-state index >= 15 is 0 Å². The maximum atomic E-state index is 11.9. The van der Waals surface area contributed by atoms with Gasteiger partial charge in [0, 0.05) is 23.3 Å². The fraction of sp³-hybridized carbons (Fsp3) is 0.0833. The largest absolute Gasteiger partial charge is 0.508 e. The second kappa shape index (κ2) is 8.02. The van der Waals surface area contributed by atoms with Gasteiger partial charge in [0.1, 0.15) is 22.8 Å². The fourth-order valence-corrected chi connectivity index (χ4v) is 5.03. The molecular formula is C24H18N2O5S2. The van der Waals surface area contributed by atoms with Crippen LogP contribution in [-0.2, 0) is 9.84 Å². The smallest absolute Gasteiger partial charge is 0.210 e. The molecule has 0 saturated heterocycles. The minimum absolute atomic E-state index is 0.0911. The van der Waals surface area contributed by atoms with Gasteiger partial charge >= 0.3 is 0 Å². The minimum atomic E-state index is -3.32. The summed E-state index contributed by atoms with van der Waals surface area (Å²) in [6.45, 7) is 0. The van der Waals surface area contributed by atoms with Crippen molar-refractivity contribution in [2.24, 2.45) is 4.99 Å². The van der Waals surface area contributed by atoms with E-state index in [-0.39, 0.29) is 10.6 Å². The third-order valence-corrected chi connectivity index (χ3v) is 7.12. The van der Waals surface area contributed by atoms with Crippen LogP contribution in [0.2, 0.25) is 0 Å². The van der Waals surface area contributed by atoms with Gasteiger partial charge in [0.05, 0.1) is 27.6 Å². The number of thiazole rings is 1. The monoisotopic (exact) mass is 478 g/mol. The molecule has 33 heavy (non-hydrogen) atoms. The molecule has 5 rings (SSSR count). The number of rotatable bonds is 4. The molecule has 2 aromatic heterocycles. The van der Waals surface area contributed by atoms with Crippen LogP contribution in [0.4, 0.5) is 5.13 Å². The lowest BCUT2D eigenvalue weighted by molar-refractivity contribution is 0.415. The molecule has 1 N–H and O–H groups in total. The zero-order valence-corrected chi connectivity index (χ0v) is 19.3. The highest BCUT2D eigenvalue weighted by atomic mass is 32.2. The van der Waals surface area contributed by atoms with Crippen molar-refractivity contribution in [3.05, 3.63) is 72.1 Å². The van der Waals surface area contributed by atoms with Gasteiger partial charge in [-0.2, -0.15) is 0 Å². The lowest BCUT2D eigenvalue weighted by Crippen LogP contribution is -2.03. The van der Waals surface area contributed by atoms with Crippen LogP contribution in [0, 0.1) is 0 Å². The van der Waals surface area contributed by atoms with Crippen LogP contribution in [0.25, 0.3) is 32.5 Å². The molecule has 7 nitrogen and oxygen atoms in total. The number of sulfone groups is 1. The summed E-state index contributed by atoms with van der Waals surface area (Å²) in [6.07, 6.45) is 1.17. The van der Waals surface area contributed by atoms with Gasteiger partial charge in [-0.15, -0.1) is 0 Å². The molecule has 0 aliphatic heterocycles. The third-order valence-electron chi connectivity index (χ3n) is 5.09. The zero-order chi connectivity index (χ0) is 23.2. The van der Waals surface area contributed by atoms with Crippen LogP contribution in [0.1, 0.15) is 0 Å². The van der Waals surface area contributed by atoms with Crippen LogP contribution >= 0.6 is 11.3 Å². The highest BCUT2D eigenvalue weighted by Crippen LogP contribution is 2.31. The maximum Gasteiger partial charge on any atom is 0.210 e. The maximum absolute atomic E-state index is 11.9. The van der Waals surface area contributed by atoms with Gasteiger partial charge in [-0.05, 0) is 60.7 Å². The highest BCUT2D eigenvalue weighted by molar-refractivity contribution is 7.90. The number of aromatic hydroxyl groups is 1. The Morgan fingerprint density at radius 3 is 2.55 bits per heavy atom. The lowest BCUT2D eigenvalue weighted by atomic mass is 10.1. The second-order valence-corrected chi connectivity index (χ2v) is 10.4. The van der Waals surface area contributed by atoms with Gasteiger partial charge < -0.3 is 14.3 Å². The van der Waals surface area contributed by atoms with E-state index in [9.17, 15) is 13.5 Å². The summed E-state index contributed by atoms with van der Waals surface area (Å²) >= 11 is 1.29. The van der Waals surface area contributed by atoms with Crippen molar-refractivity contribution in [1.82, 2.24) is 4.98 Å². The number of phenols is 1. The van der Waals surface area contributed by atoms with Crippen LogP contribution in [0.5, 0.6) is 11.5 Å². The zero-order valence-electron chi connectivity index (χ0n) is 17.6. The molecule has 0 bridgehead atoms. The van der Waals surface area contributed by atoms with E-state index in [2.05, 4.69) is 4.98 Å². The van der Waals surface area contributed by atoms with Gasteiger partial charge in [-0.3, -0.25) is 0 Å². The molecule has 0 spiro atoms. The molecule has 5 aromatic rings. The fourth-order valence-electron chi connectivity index (χ4n) is 3.42. The van der Waals surface area contributed by atoms with E-state index in [1.54, 1.807) is 43.5 Å². The molecule has 2 heterocycles. The van der Waals surface area contributed by atoms with Crippen molar-refractivity contribution < 1.29 is 22.7 Å². The standard InChI is InChI=1S/C24H18N2O5S2/c1-30-16-6-3-14(4-7-16)22-13-20(18-11-15(27)5-10-21(18)31-22)26-24-25-19-9-8-17(33(2,28)29)12-23(19)32-24/h3-13,27H,1-2H3. The SMILES string of the molecule is COc1ccc(-c2cc(=Nc3nc4ccc(S(C)(=O)=O)cc4s3)c3cc(O)ccc3o2)cc1.